The zero-order chi connectivity index (χ0) is 18.1. The van der Waals surface area contributed by atoms with E-state index in [4.69, 9.17) is 14.2 Å². The number of fused-ring (bicyclic) bond motifs is 10. The second-order valence-electron chi connectivity index (χ2n) is 11.2. The van der Waals surface area contributed by atoms with Crippen LogP contribution in [0.15, 0.2) is 0 Å². The lowest BCUT2D eigenvalue weighted by atomic mass is 9.44. The van der Waals surface area contributed by atoms with Crippen LogP contribution in [0.2, 0.25) is 0 Å². The fraction of sp³-hybridized carbons (Fsp3) is 1.00. The summed E-state index contributed by atoms with van der Waals surface area (Å²) in [5.41, 5.74) is 0.362. The van der Waals surface area contributed by atoms with E-state index in [1.165, 1.54) is 25.7 Å². The normalized spacial score (nSPS) is 64.7. The molecule has 0 spiro atoms. The maximum atomic E-state index is 10.8. The van der Waals surface area contributed by atoms with Crippen molar-refractivity contribution in [3.63, 3.8) is 0 Å². The van der Waals surface area contributed by atoms with Crippen LogP contribution in [0.4, 0.5) is 0 Å². The highest BCUT2D eigenvalue weighted by atomic mass is 16.8. The number of epoxide rings is 1. The third-order valence-electron chi connectivity index (χ3n) is 9.73. The van der Waals surface area contributed by atoms with Crippen LogP contribution in [0.1, 0.15) is 66.2 Å². The fourth-order valence-corrected chi connectivity index (χ4v) is 8.48. The Labute approximate surface area is 157 Å². The van der Waals surface area contributed by atoms with Crippen LogP contribution in [-0.2, 0) is 14.2 Å². The van der Waals surface area contributed by atoms with Gasteiger partial charge in [-0.05, 0) is 81.0 Å². The average molecular weight is 363 g/mol. The molecule has 4 unspecified atom stereocenters. The summed E-state index contributed by atoms with van der Waals surface area (Å²) in [6.07, 6.45) is 8.03. The van der Waals surface area contributed by atoms with Gasteiger partial charge in [0.05, 0.1) is 30.5 Å². The molecule has 6 aliphatic rings. The lowest BCUT2D eigenvalue weighted by Gasteiger charge is -2.62. The van der Waals surface area contributed by atoms with Gasteiger partial charge in [-0.15, -0.1) is 0 Å². The zero-order valence-corrected chi connectivity index (χ0v) is 16.6. The van der Waals surface area contributed by atoms with Gasteiger partial charge in [0.25, 0.3) is 0 Å². The monoisotopic (exact) mass is 362 g/mol. The van der Waals surface area contributed by atoms with Crippen molar-refractivity contribution in [2.45, 2.75) is 103 Å². The van der Waals surface area contributed by atoms with E-state index in [0.717, 1.165) is 12.8 Å². The molecule has 6 fully saturated rings. The molecule has 146 valence electrons. The molecule has 4 heteroatoms. The second-order valence-corrected chi connectivity index (χ2v) is 11.2. The molecule has 2 heterocycles. The summed E-state index contributed by atoms with van der Waals surface area (Å²) in [5.74, 6) is 1.74. The predicted octanol–water partition coefficient (Wildman–Crippen LogP) is 3.51. The maximum absolute atomic E-state index is 10.8. The molecule has 4 saturated carbocycles. The molecule has 0 aromatic heterocycles. The minimum absolute atomic E-state index is 0.0677. The molecule has 2 saturated heterocycles. The van der Waals surface area contributed by atoms with Crippen molar-refractivity contribution in [3.8, 4) is 0 Å². The molecular formula is C22H34O4. The first-order valence-corrected chi connectivity index (χ1v) is 10.9. The average Bonchev–Trinajstić information content (AvgIpc) is 3.19. The molecule has 0 radical (unpaired) electrons. The smallest absolute Gasteiger partial charge is 0.163 e. The van der Waals surface area contributed by atoms with Crippen LogP contribution in [-0.4, -0.2) is 41.4 Å². The number of hydrogen-bond acceptors (Lipinski definition) is 4. The number of ether oxygens (including phenoxy) is 3. The zero-order valence-electron chi connectivity index (χ0n) is 16.6. The summed E-state index contributed by atoms with van der Waals surface area (Å²) in [4.78, 5) is 0. The van der Waals surface area contributed by atoms with Crippen molar-refractivity contribution in [3.05, 3.63) is 0 Å². The van der Waals surface area contributed by atoms with Crippen LogP contribution in [0, 0.1) is 34.5 Å². The Kier molecular flexibility index (Phi) is 3.14. The Balaban J connectivity index is 1.46. The first-order chi connectivity index (χ1) is 12.2. The predicted molar refractivity (Wildman–Crippen MR) is 96.4 cm³/mol. The van der Waals surface area contributed by atoms with Gasteiger partial charge in [0.1, 0.15) is 0 Å². The van der Waals surface area contributed by atoms with Crippen LogP contribution < -0.4 is 0 Å². The van der Waals surface area contributed by atoms with Gasteiger partial charge in [-0.25, -0.2) is 0 Å². The molecule has 0 bridgehead atoms. The Morgan fingerprint density at radius 1 is 0.769 bits per heavy atom. The van der Waals surface area contributed by atoms with Crippen LogP contribution in [0.3, 0.4) is 0 Å². The Morgan fingerprint density at radius 2 is 1.46 bits per heavy atom. The van der Waals surface area contributed by atoms with Gasteiger partial charge >= 0.3 is 0 Å². The Hall–Kier alpha value is -0.160. The van der Waals surface area contributed by atoms with Crippen molar-refractivity contribution < 1.29 is 19.3 Å². The van der Waals surface area contributed by atoms with Gasteiger partial charge in [0, 0.05) is 5.92 Å². The summed E-state index contributed by atoms with van der Waals surface area (Å²) >= 11 is 0. The van der Waals surface area contributed by atoms with E-state index in [9.17, 15) is 5.11 Å². The van der Waals surface area contributed by atoms with E-state index < -0.39 is 5.79 Å². The summed E-state index contributed by atoms with van der Waals surface area (Å²) in [6, 6.07) is 0. The number of rotatable bonds is 0. The molecule has 6 rings (SSSR count). The van der Waals surface area contributed by atoms with E-state index in [-0.39, 0.29) is 23.7 Å². The summed E-state index contributed by atoms with van der Waals surface area (Å²) in [6.45, 7) is 9.04. The van der Waals surface area contributed by atoms with E-state index in [1.54, 1.807) is 0 Å². The quantitative estimate of drug-likeness (QED) is 0.670. The number of hydrogen-bond donors (Lipinski definition) is 1. The molecule has 0 amide bonds. The van der Waals surface area contributed by atoms with E-state index in [0.29, 0.717) is 41.3 Å². The summed E-state index contributed by atoms with van der Waals surface area (Å²) < 4.78 is 19.3. The first kappa shape index (κ1) is 16.8. The van der Waals surface area contributed by atoms with Gasteiger partial charge in [0.15, 0.2) is 5.79 Å². The third kappa shape index (κ3) is 1.90. The summed E-state index contributed by atoms with van der Waals surface area (Å²) in [5, 5.41) is 10.8. The second kappa shape index (κ2) is 4.87. The van der Waals surface area contributed by atoms with Crippen LogP contribution >= 0.6 is 0 Å². The molecule has 2 aliphatic heterocycles. The molecule has 4 nitrogen and oxygen atoms in total. The van der Waals surface area contributed by atoms with Crippen molar-refractivity contribution in [1.82, 2.24) is 0 Å². The molecule has 0 aromatic carbocycles. The van der Waals surface area contributed by atoms with Gasteiger partial charge < -0.3 is 19.3 Å². The van der Waals surface area contributed by atoms with Gasteiger partial charge in [-0.2, -0.15) is 0 Å². The molecule has 4 aliphatic carbocycles. The highest BCUT2D eigenvalue weighted by Crippen LogP contribution is 2.70. The third-order valence-corrected chi connectivity index (χ3v) is 9.73. The molecule has 11 atom stereocenters. The van der Waals surface area contributed by atoms with Crippen molar-refractivity contribution in [2.75, 3.05) is 0 Å². The van der Waals surface area contributed by atoms with E-state index in [2.05, 4.69) is 27.7 Å². The molecular weight excluding hydrogens is 328 g/mol. The lowest BCUT2D eigenvalue weighted by Crippen LogP contribution is -2.64. The minimum atomic E-state index is -0.502. The van der Waals surface area contributed by atoms with Gasteiger partial charge in [0.2, 0.25) is 0 Å². The fourth-order valence-electron chi connectivity index (χ4n) is 8.48. The SMILES string of the molecule is CC1(C)O[C@@H]2C3C(CC[C@@]4(C)C3CC[C@@H]4O)[C@@]3(C)CC[C@H]4O[C@H]4C3[C@H]2O1. The van der Waals surface area contributed by atoms with Crippen molar-refractivity contribution in [1.29, 1.82) is 0 Å². The largest absolute Gasteiger partial charge is 0.393 e. The lowest BCUT2D eigenvalue weighted by molar-refractivity contribution is -0.181. The number of aliphatic hydroxyl groups is 1. The molecule has 0 aromatic rings. The highest BCUT2D eigenvalue weighted by molar-refractivity contribution is 5.19. The van der Waals surface area contributed by atoms with Crippen molar-refractivity contribution >= 4 is 0 Å². The Bertz CT molecular complexity index is 634. The maximum Gasteiger partial charge on any atom is 0.163 e. The molecule has 1 N–H and O–H groups in total. The number of aliphatic hydroxyl groups excluding tert-OH is 1. The minimum Gasteiger partial charge on any atom is -0.393 e. The molecule has 26 heavy (non-hydrogen) atoms. The first-order valence-electron chi connectivity index (χ1n) is 10.9. The van der Waals surface area contributed by atoms with E-state index >= 15 is 0 Å². The van der Waals surface area contributed by atoms with E-state index in [1.807, 2.05) is 0 Å². The van der Waals surface area contributed by atoms with Gasteiger partial charge in [-0.1, -0.05) is 13.8 Å². The van der Waals surface area contributed by atoms with Gasteiger partial charge in [-0.3, -0.25) is 0 Å². The highest BCUT2D eigenvalue weighted by Gasteiger charge is 2.72. The summed E-state index contributed by atoms with van der Waals surface area (Å²) in [7, 11) is 0. The van der Waals surface area contributed by atoms with Crippen LogP contribution in [0.5, 0.6) is 0 Å². The topological polar surface area (TPSA) is 51.2 Å². The Morgan fingerprint density at radius 3 is 2.27 bits per heavy atom. The van der Waals surface area contributed by atoms with Crippen LogP contribution in [0.25, 0.3) is 0 Å². The standard InChI is InChI=1S/C22H34O4/c1-20(2)25-18-15-11-5-6-14(23)21(11,3)9-7-12(15)22(4)10-8-13-17(24-13)16(22)19(18)26-20/h11-19,23H,5-10H2,1-4H3/t11?,12?,13-,14+,15?,16?,17-,18-,19-,21+,22-/m1/s1. The van der Waals surface area contributed by atoms with Crippen molar-refractivity contribution in [2.24, 2.45) is 34.5 Å².